The number of cyclic esters (lactones) is 1. The van der Waals surface area contributed by atoms with E-state index in [2.05, 4.69) is 17.9 Å². The van der Waals surface area contributed by atoms with Crippen molar-refractivity contribution in [3.63, 3.8) is 0 Å². The predicted octanol–water partition coefficient (Wildman–Crippen LogP) is 4.50. The largest absolute Gasteiger partial charge is 0.457 e. The highest BCUT2D eigenvalue weighted by Crippen LogP contribution is 2.36. The average Bonchev–Trinajstić information content (AvgIpc) is 3.77. The van der Waals surface area contributed by atoms with Crippen molar-refractivity contribution >= 4 is 12.1 Å². The highest BCUT2D eigenvalue weighted by Gasteiger charge is 2.45. The monoisotopic (exact) mass is 634 g/mol. The summed E-state index contributed by atoms with van der Waals surface area (Å²) in [7, 11) is 3.61. The normalized spacial score (nSPS) is 35.1. The van der Waals surface area contributed by atoms with Crippen molar-refractivity contribution in [2.24, 2.45) is 17.8 Å². The zero-order valence-electron chi connectivity index (χ0n) is 28.7. The van der Waals surface area contributed by atoms with Gasteiger partial charge in [-0.25, -0.2) is 4.79 Å². The zero-order chi connectivity index (χ0) is 33.3. The first-order valence-electron chi connectivity index (χ1n) is 16.7. The Labute approximate surface area is 270 Å². The molecule has 2 fully saturated rings. The molecule has 2 N–H and O–H groups in total. The number of nitrogens with zero attached hydrogens (tertiary/aromatic N) is 2. The minimum atomic E-state index is -0.917. The highest BCUT2D eigenvalue weighted by atomic mass is 16.6. The topological polar surface area (TPSA) is 121 Å². The lowest BCUT2D eigenvalue weighted by Crippen LogP contribution is -2.50. The summed E-state index contributed by atoms with van der Waals surface area (Å²) in [5.74, 6) is -0.316. The third-order valence-electron chi connectivity index (χ3n) is 9.78. The molecule has 0 saturated carbocycles. The molecule has 3 aliphatic rings. The van der Waals surface area contributed by atoms with Crippen LogP contribution in [0.5, 0.6) is 0 Å². The molecule has 0 radical (unpaired) electrons. The van der Waals surface area contributed by atoms with Gasteiger partial charge in [-0.1, -0.05) is 52.0 Å². The van der Waals surface area contributed by atoms with E-state index in [-0.39, 0.29) is 48.9 Å². The molecule has 10 heteroatoms. The minimum Gasteiger partial charge on any atom is -0.457 e. The van der Waals surface area contributed by atoms with Crippen molar-refractivity contribution in [1.29, 1.82) is 0 Å². The van der Waals surface area contributed by atoms with Crippen LogP contribution in [0.25, 0.3) is 0 Å². The van der Waals surface area contributed by atoms with Crippen LogP contribution in [0.4, 0.5) is 4.79 Å². The Kier molecular flexibility index (Phi) is 14.1. The van der Waals surface area contributed by atoms with Gasteiger partial charge in [0.15, 0.2) is 6.10 Å². The number of carbonyl (C=O) groups excluding carboxylic acids is 2. The van der Waals surface area contributed by atoms with E-state index in [0.29, 0.717) is 19.5 Å². The van der Waals surface area contributed by atoms with E-state index < -0.39 is 36.0 Å². The van der Waals surface area contributed by atoms with Crippen molar-refractivity contribution in [3.8, 4) is 0 Å². The van der Waals surface area contributed by atoms with Crippen molar-refractivity contribution in [1.82, 2.24) is 9.80 Å². The maximum atomic E-state index is 13.2. The van der Waals surface area contributed by atoms with E-state index in [0.717, 1.165) is 31.5 Å². The summed E-state index contributed by atoms with van der Waals surface area (Å²) in [5.41, 5.74) is -0.0467. The smallest absolute Gasteiger partial charge is 0.410 e. The molecule has 10 nitrogen and oxygen atoms in total. The minimum absolute atomic E-state index is 0.108. The van der Waals surface area contributed by atoms with Crippen LogP contribution in [0.2, 0.25) is 0 Å². The van der Waals surface area contributed by atoms with Crippen LogP contribution in [0.3, 0.4) is 0 Å². The van der Waals surface area contributed by atoms with Crippen LogP contribution in [-0.4, -0.2) is 115 Å². The maximum Gasteiger partial charge on any atom is 0.410 e. The first kappa shape index (κ1) is 37.2. The van der Waals surface area contributed by atoms with E-state index in [1.54, 1.807) is 12.0 Å². The van der Waals surface area contributed by atoms with Gasteiger partial charge < -0.3 is 39.0 Å². The standard InChI is InChI=1S/C35H58N2O8/c1-9-28(39)26(5)33-29(43-33)21-23(2)11-10-12-24(3)32-25(4)13-14-30(44-34(41)37-19-17-36(7)18-20-37)35(6,42-8)16-15-27(38)22-31(40)45-32/h10-14,23,25-30,32-33,38-39H,9,15-22H2,1-8H3/b11-10+,14-13+,24-12+/t23?,25-,26?,27-,28?,29+,30-,32+,33+,35-/m0/s1. The predicted molar refractivity (Wildman–Crippen MR) is 174 cm³/mol. The number of piperazine rings is 1. The van der Waals surface area contributed by atoms with Gasteiger partial charge in [0.05, 0.1) is 30.8 Å². The third-order valence-corrected chi connectivity index (χ3v) is 9.78. The molecule has 2 saturated heterocycles. The number of esters is 1. The summed E-state index contributed by atoms with van der Waals surface area (Å²) in [6.45, 7) is 14.7. The number of hydrogen-bond donors (Lipinski definition) is 2. The van der Waals surface area contributed by atoms with Gasteiger partial charge in [-0.3, -0.25) is 4.79 Å². The molecular formula is C35H58N2O8. The summed E-state index contributed by atoms with van der Waals surface area (Å²) in [6, 6.07) is 0. The van der Waals surface area contributed by atoms with Crippen LogP contribution in [0.15, 0.2) is 36.0 Å². The number of ether oxygens (including phenoxy) is 4. The van der Waals surface area contributed by atoms with Gasteiger partial charge in [-0.2, -0.15) is 0 Å². The zero-order valence-corrected chi connectivity index (χ0v) is 28.7. The fraction of sp³-hybridized carbons (Fsp3) is 0.771. The number of carbonyl (C=O) groups is 2. The van der Waals surface area contributed by atoms with E-state index in [9.17, 15) is 19.8 Å². The molecule has 0 spiro atoms. The number of rotatable bonds is 10. The molecule has 3 unspecified atom stereocenters. The van der Waals surface area contributed by atoms with Crippen molar-refractivity contribution in [2.75, 3.05) is 40.3 Å². The fourth-order valence-corrected chi connectivity index (χ4v) is 6.17. The number of aliphatic hydroxyl groups excluding tert-OH is 2. The third kappa shape index (κ3) is 10.9. The molecule has 3 aliphatic heterocycles. The Hall–Kier alpha value is -2.24. The molecule has 256 valence electrons. The number of hydrogen-bond acceptors (Lipinski definition) is 9. The molecular weight excluding hydrogens is 576 g/mol. The second-order valence-corrected chi connectivity index (χ2v) is 13.6. The van der Waals surface area contributed by atoms with Crippen molar-refractivity contribution < 1.29 is 38.7 Å². The molecule has 1 amide bonds. The Morgan fingerprint density at radius 2 is 1.91 bits per heavy atom. The number of methoxy groups -OCH3 is 1. The molecule has 0 aromatic rings. The van der Waals surface area contributed by atoms with Crippen LogP contribution in [0, 0.1) is 17.8 Å². The van der Waals surface area contributed by atoms with E-state index in [1.165, 1.54) is 0 Å². The first-order valence-corrected chi connectivity index (χ1v) is 16.7. The van der Waals surface area contributed by atoms with Gasteiger partial charge in [-0.15, -0.1) is 0 Å². The lowest BCUT2D eigenvalue weighted by Gasteiger charge is -2.38. The van der Waals surface area contributed by atoms with Crippen LogP contribution in [0.1, 0.15) is 73.6 Å². The summed E-state index contributed by atoms with van der Waals surface area (Å²) >= 11 is 0. The number of amides is 1. The van der Waals surface area contributed by atoms with Crippen LogP contribution >= 0.6 is 0 Å². The van der Waals surface area contributed by atoms with Crippen molar-refractivity contribution in [3.05, 3.63) is 36.0 Å². The lowest BCUT2D eigenvalue weighted by molar-refractivity contribution is -0.151. The number of likely N-dealkylation sites (N-methyl/N-ethyl adjacent to an activating group) is 1. The second kappa shape index (κ2) is 17.1. The molecule has 0 aromatic heterocycles. The number of aliphatic hydroxyl groups is 2. The van der Waals surface area contributed by atoms with E-state index in [4.69, 9.17) is 18.9 Å². The number of epoxide rings is 1. The maximum absolute atomic E-state index is 13.2. The highest BCUT2D eigenvalue weighted by molar-refractivity contribution is 5.70. The molecule has 3 rings (SSSR count). The van der Waals surface area contributed by atoms with E-state index >= 15 is 0 Å². The van der Waals surface area contributed by atoms with E-state index in [1.807, 2.05) is 66.0 Å². The Balaban J connectivity index is 1.74. The van der Waals surface area contributed by atoms with Gasteiger partial charge in [0.2, 0.25) is 0 Å². The van der Waals surface area contributed by atoms with Gasteiger partial charge in [0.1, 0.15) is 11.7 Å². The van der Waals surface area contributed by atoms with Gasteiger partial charge in [-0.05, 0) is 64.1 Å². The quantitative estimate of drug-likeness (QED) is 0.155. The van der Waals surface area contributed by atoms with Gasteiger partial charge >= 0.3 is 12.1 Å². The molecule has 10 atom stereocenters. The molecule has 0 aromatic carbocycles. The summed E-state index contributed by atoms with van der Waals surface area (Å²) in [4.78, 5) is 30.0. The Morgan fingerprint density at radius 3 is 2.56 bits per heavy atom. The molecule has 0 aliphatic carbocycles. The Bertz CT molecular complexity index is 1050. The first-order chi connectivity index (χ1) is 21.3. The van der Waals surface area contributed by atoms with Gasteiger partial charge in [0, 0.05) is 45.1 Å². The lowest BCUT2D eigenvalue weighted by atomic mass is 9.88. The summed E-state index contributed by atoms with van der Waals surface area (Å²) in [6.07, 6.45) is 9.28. The number of allylic oxidation sites excluding steroid dienone is 3. The average molecular weight is 635 g/mol. The van der Waals surface area contributed by atoms with Crippen LogP contribution < -0.4 is 0 Å². The van der Waals surface area contributed by atoms with Crippen molar-refractivity contribution in [2.45, 2.75) is 116 Å². The van der Waals surface area contributed by atoms with Crippen LogP contribution in [-0.2, 0) is 23.7 Å². The fourth-order valence-electron chi connectivity index (χ4n) is 6.17. The Morgan fingerprint density at radius 1 is 1.22 bits per heavy atom. The summed E-state index contributed by atoms with van der Waals surface area (Å²) in [5, 5.41) is 20.8. The molecule has 45 heavy (non-hydrogen) atoms. The second-order valence-electron chi connectivity index (χ2n) is 13.6. The van der Waals surface area contributed by atoms with Gasteiger partial charge in [0.25, 0.3) is 0 Å². The summed E-state index contributed by atoms with van der Waals surface area (Å²) < 4.78 is 23.7. The molecule has 0 bridgehead atoms. The molecule has 3 heterocycles. The SMILES string of the molecule is CCC(O)C(C)[C@H]1O[C@@H]1CC(C)/C=C/C=C(\C)[C@H]1OC(=O)C[C@@H](O)CC[C@](C)(OC)[C@@H](OC(=O)N2CCN(C)CC2)/C=C/[C@@H]1C.